The summed E-state index contributed by atoms with van der Waals surface area (Å²) in [6.45, 7) is 0.327. The van der Waals surface area contributed by atoms with E-state index < -0.39 is 5.91 Å². The Balaban J connectivity index is 1.69. The number of rotatable bonds is 8. The minimum atomic E-state index is -0.667. The van der Waals surface area contributed by atoms with E-state index in [1.807, 2.05) is 72.8 Å². The highest BCUT2D eigenvalue weighted by molar-refractivity contribution is 6.27. The molecule has 1 atom stereocenters. The van der Waals surface area contributed by atoms with Crippen LogP contribution in [0.4, 0.5) is 5.69 Å². The monoisotopic (exact) mass is 439 g/mol. The second kappa shape index (κ2) is 9.87. The largest absolute Gasteiger partial charge is 0.488 e. The van der Waals surface area contributed by atoms with Crippen LogP contribution >= 0.6 is 0 Å². The van der Waals surface area contributed by atoms with Gasteiger partial charge in [-0.25, -0.2) is 0 Å². The maximum Gasteiger partial charge on any atom is 0.249 e. The molecule has 0 saturated carbocycles. The first-order valence-corrected chi connectivity index (χ1v) is 10.6. The topological polar surface area (TPSA) is 97.4 Å². The number of carbonyl (C=O) groups excluding carboxylic acids is 1. The Bertz CT molecular complexity index is 1220. The lowest BCUT2D eigenvalue weighted by atomic mass is 9.99. The Morgan fingerprint density at radius 1 is 1.18 bits per heavy atom. The lowest BCUT2D eigenvalue weighted by molar-refractivity contribution is -0.112. The number of hydrogen-bond acceptors (Lipinski definition) is 5. The van der Waals surface area contributed by atoms with Crippen LogP contribution in [-0.2, 0) is 16.1 Å². The van der Waals surface area contributed by atoms with Crippen LogP contribution < -0.4 is 15.8 Å². The third kappa shape index (κ3) is 5.13. The summed E-state index contributed by atoms with van der Waals surface area (Å²) < 4.78 is 12.0. The van der Waals surface area contributed by atoms with Gasteiger partial charge in [0.15, 0.2) is 0 Å². The van der Waals surface area contributed by atoms with Gasteiger partial charge < -0.3 is 20.5 Å². The average Bonchev–Trinajstić information content (AvgIpc) is 3.00. The van der Waals surface area contributed by atoms with Crippen LogP contribution in [0.25, 0.3) is 5.57 Å². The number of nitrogens with two attached hydrogens (primary N) is 1. The molecule has 2 aromatic rings. The van der Waals surface area contributed by atoms with Crippen LogP contribution in [0.1, 0.15) is 11.1 Å². The Kier molecular flexibility index (Phi) is 6.55. The molecule has 6 nitrogen and oxygen atoms in total. The number of carbonyl (C=O) groups is 1. The van der Waals surface area contributed by atoms with E-state index >= 15 is 0 Å². The van der Waals surface area contributed by atoms with Crippen LogP contribution in [0.5, 0.6) is 5.75 Å². The van der Waals surface area contributed by atoms with E-state index in [1.165, 1.54) is 6.08 Å². The van der Waals surface area contributed by atoms with Crippen LogP contribution in [-0.4, -0.2) is 24.8 Å². The Hall–Kier alpha value is -4.32. The summed E-state index contributed by atoms with van der Waals surface area (Å²) in [6, 6.07) is 15.2. The zero-order valence-corrected chi connectivity index (χ0v) is 18.2. The van der Waals surface area contributed by atoms with Gasteiger partial charge in [0, 0.05) is 12.7 Å². The molecule has 166 valence electrons. The summed E-state index contributed by atoms with van der Waals surface area (Å²) in [5.74, 6) is 0.185. The van der Waals surface area contributed by atoms with Crippen molar-refractivity contribution in [1.29, 1.82) is 5.41 Å². The number of benzene rings is 2. The lowest BCUT2D eigenvalue weighted by Crippen LogP contribution is -2.19. The van der Waals surface area contributed by atoms with E-state index in [1.54, 1.807) is 19.2 Å². The highest BCUT2D eigenvalue weighted by Crippen LogP contribution is 2.34. The fourth-order valence-corrected chi connectivity index (χ4v) is 3.64. The zero-order valence-electron chi connectivity index (χ0n) is 18.2. The molecule has 0 fully saturated rings. The first-order chi connectivity index (χ1) is 16.0. The van der Waals surface area contributed by atoms with Crippen LogP contribution in [0.15, 0.2) is 102 Å². The number of anilines is 1. The fraction of sp³-hybridized carbons (Fsp3) is 0.111. The van der Waals surface area contributed by atoms with Crippen molar-refractivity contribution in [3.63, 3.8) is 0 Å². The molecular formula is C27H25N3O3. The summed E-state index contributed by atoms with van der Waals surface area (Å²) in [4.78, 5) is 12.5. The molecular weight excluding hydrogens is 414 g/mol. The number of allylic oxidation sites excluding steroid dienone is 6. The standard InChI is InChI=1S/C27H25N3O3/c1-30-23-12-7-13-24(32-17-18-8-3-2-4-9-18)26(23)21(27(29)31)16-22(28)25-15-19-10-5-6-11-20(14-19)33-25/h2-16,20,28,30H,17H2,1H3,(H2,29,31)/b21-16-,28-22?. The van der Waals surface area contributed by atoms with E-state index in [0.717, 1.165) is 11.1 Å². The normalized spacial score (nSPS) is 16.8. The number of ether oxygens (including phenoxy) is 2. The predicted molar refractivity (Wildman–Crippen MR) is 131 cm³/mol. The molecule has 1 heterocycles. The van der Waals surface area contributed by atoms with Crippen molar-refractivity contribution in [3.05, 3.63) is 114 Å². The van der Waals surface area contributed by atoms with Crippen molar-refractivity contribution < 1.29 is 14.3 Å². The van der Waals surface area contributed by atoms with Gasteiger partial charge in [0.1, 0.15) is 24.2 Å². The lowest BCUT2D eigenvalue weighted by Gasteiger charge is -2.20. The van der Waals surface area contributed by atoms with Gasteiger partial charge in [0.2, 0.25) is 5.91 Å². The third-order valence-electron chi connectivity index (χ3n) is 5.24. The first-order valence-electron chi connectivity index (χ1n) is 10.6. The maximum atomic E-state index is 12.5. The summed E-state index contributed by atoms with van der Waals surface area (Å²) in [7, 11) is 1.76. The van der Waals surface area contributed by atoms with Crippen LogP contribution in [0.2, 0.25) is 0 Å². The zero-order chi connectivity index (χ0) is 23.2. The number of hydrogen-bond donors (Lipinski definition) is 3. The van der Waals surface area contributed by atoms with Crippen LogP contribution in [0, 0.1) is 5.41 Å². The van der Waals surface area contributed by atoms with E-state index in [9.17, 15) is 4.79 Å². The molecule has 1 aliphatic carbocycles. The summed E-state index contributed by atoms with van der Waals surface area (Å²) in [5, 5.41) is 11.7. The van der Waals surface area contributed by atoms with Crippen LogP contribution in [0.3, 0.4) is 0 Å². The SMILES string of the molecule is CNc1cccc(OCc2ccccc2)c1/C(=C/C(=N)C1=CC2=CC(C=CC=C2)O1)C(N)=O. The van der Waals surface area contributed by atoms with Crippen molar-refractivity contribution in [3.8, 4) is 5.75 Å². The number of fused-ring (bicyclic) bond motifs is 1. The molecule has 33 heavy (non-hydrogen) atoms. The second-order valence-electron chi connectivity index (χ2n) is 7.54. The average molecular weight is 440 g/mol. The van der Waals surface area contributed by atoms with Crippen molar-refractivity contribution in [2.75, 3.05) is 12.4 Å². The molecule has 2 aromatic carbocycles. The van der Waals surface area contributed by atoms with Gasteiger partial charge in [-0.05, 0) is 47.6 Å². The van der Waals surface area contributed by atoms with Gasteiger partial charge in [-0.15, -0.1) is 0 Å². The molecule has 1 unspecified atom stereocenters. The van der Waals surface area contributed by atoms with E-state index in [-0.39, 0.29) is 17.4 Å². The maximum absolute atomic E-state index is 12.5. The van der Waals surface area contributed by atoms with E-state index in [4.69, 9.17) is 20.6 Å². The molecule has 0 radical (unpaired) electrons. The van der Waals surface area contributed by atoms with Crippen molar-refractivity contribution in [1.82, 2.24) is 0 Å². The quantitative estimate of drug-likeness (QED) is 0.416. The van der Waals surface area contributed by atoms with E-state index in [0.29, 0.717) is 29.4 Å². The van der Waals surface area contributed by atoms with Gasteiger partial charge in [0.25, 0.3) is 0 Å². The molecule has 2 aliphatic rings. The summed E-state index contributed by atoms with van der Waals surface area (Å²) >= 11 is 0. The minimum Gasteiger partial charge on any atom is -0.488 e. The fourth-order valence-electron chi connectivity index (χ4n) is 3.64. The predicted octanol–water partition coefficient (Wildman–Crippen LogP) is 4.53. The van der Waals surface area contributed by atoms with Gasteiger partial charge in [-0.2, -0.15) is 0 Å². The number of amides is 1. The van der Waals surface area contributed by atoms with Gasteiger partial charge in [-0.1, -0.05) is 54.6 Å². The number of primary amides is 1. The molecule has 6 heteroatoms. The molecule has 1 amide bonds. The molecule has 0 aromatic heterocycles. The van der Waals surface area contributed by atoms with Crippen molar-refractivity contribution in [2.24, 2.45) is 5.73 Å². The Morgan fingerprint density at radius 2 is 2.00 bits per heavy atom. The number of nitrogens with one attached hydrogen (secondary N) is 2. The third-order valence-corrected chi connectivity index (χ3v) is 5.24. The molecule has 4 N–H and O–H groups in total. The minimum absolute atomic E-state index is 0.0445. The van der Waals surface area contributed by atoms with Crippen molar-refractivity contribution in [2.45, 2.75) is 12.7 Å². The summed E-state index contributed by atoms with van der Waals surface area (Å²) in [5.41, 5.74) is 9.08. The van der Waals surface area contributed by atoms with Gasteiger partial charge in [0.05, 0.1) is 16.8 Å². The molecule has 2 bridgehead atoms. The Morgan fingerprint density at radius 3 is 2.76 bits per heavy atom. The van der Waals surface area contributed by atoms with E-state index in [2.05, 4.69) is 5.32 Å². The van der Waals surface area contributed by atoms with Gasteiger partial charge in [-0.3, -0.25) is 10.2 Å². The molecule has 1 aliphatic heterocycles. The summed E-state index contributed by atoms with van der Waals surface area (Å²) in [6.07, 6.45) is 12.6. The Labute approximate surface area is 192 Å². The second-order valence-corrected chi connectivity index (χ2v) is 7.54. The molecule has 0 spiro atoms. The molecule has 4 rings (SSSR count). The smallest absolute Gasteiger partial charge is 0.249 e. The van der Waals surface area contributed by atoms with Crippen molar-refractivity contribution >= 4 is 22.9 Å². The highest BCUT2D eigenvalue weighted by atomic mass is 16.5. The molecule has 0 saturated heterocycles. The van der Waals surface area contributed by atoms with Gasteiger partial charge >= 0.3 is 0 Å². The highest BCUT2D eigenvalue weighted by Gasteiger charge is 2.22. The first kappa shape index (κ1) is 21.9.